The van der Waals surface area contributed by atoms with Crippen LogP contribution in [0.4, 0.5) is 0 Å². The monoisotopic (exact) mass is 317 g/mol. The van der Waals surface area contributed by atoms with E-state index in [0.29, 0.717) is 18.8 Å². The van der Waals surface area contributed by atoms with E-state index < -0.39 is 11.5 Å². The molecule has 0 spiro atoms. The number of allylic oxidation sites excluding steroid dienone is 1. The number of piperidine rings is 1. The van der Waals surface area contributed by atoms with Gasteiger partial charge in [0.1, 0.15) is 5.78 Å². The second kappa shape index (κ2) is 4.69. The highest BCUT2D eigenvalue weighted by atomic mass is 16.3. The van der Waals surface area contributed by atoms with Gasteiger partial charge in [0.25, 0.3) is 0 Å². The summed E-state index contributed by atoms with van der Waals surface area (Å²) in [6.45, 7) is 8.73. The van der Waals surface area contributed by atoms with Crippen LogP contribution in [-0.2, 0) is 9.59 Å². The summed E-state index contributed by atoms with van der Waals surface area (Å²) >= 11 is 0. The summed E-state index contributed by atoms with van der Waals surface area (Å²) in [5, 5.41) is 11.1. The molecule has 4 heteroatoms. The van der Waals surface area contributed by atoms with Crippen LogP contribution in [0.3, 0.4) is 0 Å². The molecule has 2 saturated carbocycles. The minimum absolute atomic E-state index is 0.103. The number of Topliss-reactive ketones (excluding diaryl/α,β-unsaturated/α-hetero) is 1. The molecule has 0 aromatic carbocycles. The van der Waals surface area contributed by atoms with Crippen LogP contribution in [0.1, 0.15) is 46.0 Å². The van der Waals surface area contributed by atoms with E-state index >= 15 is 0 Å². The lowest BCUT2D eigenvalue weighted by atomic mass is 9.45. The van der Waals surface area contributed by atoms with Crippen molar-refractivity contribution in [3.05, 3.63) is 12.7 Å². The number of aliphatic hydroxyl groups excluding tert-OH is 1. The SMILES string of the molecule is C=CC[C@]12C(=O)[C@H]3C[C@@H]4N(C[C@H](CCC[C@@H]1O)[C@@]42C)C(=O)[C@@H]3C. The third-order valence-electron chi connectivity index (χ3n) is 7.89. The fraction of sp³-hybridized carbons (Fsp3) is 0.789. The molecule has 1 amide bonds. The molecular formula is C19H27NO3. The molecule has 0 unspecified atom stereocenters. The Balaban J connectivity index is 1.97. The highest BCUT2D eigenvalue weighted by Gasteiger charge is 2.73. The molecule has 23 heavy (non-hydrogen) atoms. The van der Waals surface area contributed by atoms with Crippen LogP contribution >= 0.6 is 0 Å². The Morgan fingerprint density at radius 1 is 1.39 bits per heavy atom. The normalized spacial score (nSPS) is 51.6. The maximum atomic E-state index is 13.6. The number of hydrogen-bond donors (Lipinski definition) is 1. The molecule has 4 aliphatic rings. The van der Waals surface area contributed by atoms with Gasteiger partial charge in [0.2, 0.25) is 5.91 Å². The minimum Gasteiger partial charge on any atom is -0.392 e. The van der Waals surface area contributed by atoms with Crippen molar-refractivity contribution >= 4 is 11.7 Å². The van der Waals surface area contributed by atoms with Crippen molar-refractivity contribution in [2.24, 2.45) is 28.6 Å². The average molecular weight is 317 g/mol. The fourth-order valence-corrected chi connectivity index (χ4v) is 6.64. The standard InChI is InChI=1S/C19H27NO3/c1-4-8-19-15(21)7-5-6-12-10-20-14(18(12,19)3)9-13(16(19)22)11(2)17(20)23/h4,11-15,21H,1,5-10H2,2-3H3/t11-,12+,13+,14+,15+,18+,19-/m1/s1. The zero-order chi connectivity index (χ0) is 16.6. The Labute approximate surface area is 137 Å². The molecule has 4 rings (SSSR count). The molecule has 126 valence electrons. The van der Waals surface area contributed by atoms with Crippen LogP contribution in [0.15, 0.2) is 12.7 Å². The van der Waals surface area contributed by atoms with Crippen molar-refractivity contribution in [3.63, 3.8) is 0 Å². The third kappa shape index (κ3) is 1.52. The highest BCUT2D eigenvalue weighted by molar-refractivity contribution is 5.97. The highest BCUT2D eigenvalue weighted by Crippen LogP contribution is 2.67. The second-order valence-electron chi connectivity index (χ2n) is 8.39. The van der Waals surface area contributed by atoms with E-state index in [9.17, 15) is 14.7 Å². The Hall–Kier alpha value is -1.16. The molecule has 2 heterocycles. The summed E-state index contributed by atoms with van der Waals surface area (Å²) in [4.78, 5) is 28.4. The molecule has 4 fully saturated rings. The Morgan fingerprint density at radius 2 is 2.13 bits per heavy atom. The number of rotatable bonds is 2. The maximum absolute atomic E-state index is 13.6. The van der Waals surface area contributed by atoms with Crippen molar-refractivity contribution in [2.75, 3.05) is 6.54 Å². The largest absolute Gasteiger partial charge is 0.392 e. The lowest BCUT2D eigenvalue weighted by molar-refractivity contribution is -0.184. The molecule has 0 radical (unpaired) electrons. The summed E-state index contributed by atoms with van der Waals surface area (Å²) < 4.78 is 0. The summed E-state index contributed by atoms with van der Waals surface area (Å²) in [5.41, 5.74) is -1.08. The first-order valence-corrected chi connectivity index (χ1v) is 9.03. The van der Waals surface area contributed by atoms with Gasteiger partial charge in [0, 0.05) is 29.8 Å². The van der Waals surface area contributed by atoms with E-state index in [1.165, 1.54) is 0 Å². The Bertz CT molecular complexity index is 587. The number of carbonyl (C=O) groups is 2. The van der Waals surface area contributed by atoms with Gasteiger partial charge < -0.3 is 10.0 Å². The van der Waals surface area contributed by atoms with Gasteiger partial charge in [-0.3, -0.25) is 9.59 Å². The molecule has 4 nitrogen and oxygen atoms in total. The van der Waals surface area contributed by atoms with Crippen LogP contribution in [-0.4, -0.2) is 40.4 Å². The van der Waals surface area contributed by atoms with Crippen LogP contribution in [0.2, 0.25) is 0 Å². The van der Waals surface area contributed by atoms with Gasteiger partial charge in [-0.25, -0.2) is 0 Å². The molecule has 0 aromatic rings. The number of carbonyl (C=O) groups excluding carboxylic acids is 2. The van der Waals surface area contributed by atoms with E-state index in [2.05, 4.69) is 13.5 Å². The van der Waals surface area contributed by atoms with Crippen molar-refractivity contribution in [1.82, 2.24) is 4.90 Å². The van der Waals surface area contributed by atoms with Crippen molar-refractivity contribution in [2.45, 2.75) is 58.1 Å². The first-order chi connectivity index (χ1) is 10.9. The predicted molar refractivity (Wildman–Crippen MR) is 86.5 cm³/mol. The Morgan fingerprint density at radius 3 is 2.83 bits per heavy atom. The summed E-state index contributed by atoms with van der Waals surface area (Å²) in [5.74, 6) is 0.110. The van der Waals surface area contributed by atoms with Gasteiger partial charge in [0.05, 0.1) is 11.5 Å². The van der Waals surface area contributed by atoms with E-state index in [-0.39, 0.29) is 35.0 Å². The lowest BCUT2D eigenvalue weighted by Gasteiger charge is -2.60. The van der Waals surface area contributed by atoms with E-state index in [4.69, 9.17) is 0 Å². The smallest absolute Gasteiger partial charge is 0.226 e. The molecule has 2 bridgehead atoms. The predicted octanol–water partition coefficient (Wildman–Crippen LogP) is 2.17. The lowest BCUT2D eigenvalue weighted by Crippen LogP contribution is -2.69. The van der Waals surface area contributed by atoms with Crippen molar-refractivity contribution < 1.29 is 14.7 Å². The van der Waals surface area contributed by atoms with Crippen molar-refractivity contribution in [3.8, 4) is 0 Å². The van der Waals surface area contributed by atoms with E-state index in [0.717, 1.165) is 25.8 Å². The third-order valence-corrected chi connectivity index (χ3v) is 7.89. The zero-order valence-electron chi connectivity index (χ0n) is 14.1. The summed E-state index contributed by atoms with van der Waals surface area (Å²) in [7, 11) is 0. The minimum atomic E-state index is -0.757. The van der Waals surface area contributed by atoms with Crippen LogP contribution in [0.5, 0.6) is 0 Å². The number of nitrogens with zero attached hydrogens (tertiary/aromatic N) is 1. The quantitative estimate of drug-likeness (QED) is 0.794. The second-order valence-corrected chi connectivity index (χ2v) is 8.39. The first kappa shape index (κ1) is 15.4. The average Bonchev–Trinajstić information content (AvgIpc) is 2.76. The number of amides is 1. The first-order valence-electron chi connectivity index (χ1n) is 9.03. The summed E-state index contributed by atoms with van der Waals surface area (Å²) in [6, 6.07) is 0.103. The molecular weight excluding hydrogens is 290 g/mol. The zero-order valence-corrected chi connectivity index (χ0v) is 14.1. The Kier molecular flexibility index (Phi) is 3.13. The van der Waals surface area contributed by atoms with E-state index in [1.54, 1.807) is 0 Å². The van der Waals surface area contributed by atoms with Gasteiger partial charge in [-0.1, -0.05) is 26.3 Å². The number of fused-ring (bicyclic) bond motifs is 1. The van der Waals surface area contributed by atoms with E-state index in [1.807, 2.05) is 17.9 Å². The molecule has 2 saturated heterocycles. The van der Waals surface area contributed by atoms with Gasteiger partial charge in [-0.05, 0) is 31.6 Å². The molecule has 2 aliphatic carbocycles. The molecule has 1 N–H and O–H groups in total. The molecule has 7 atom stereocenters. The van der Waals surface area contributed by atoms with Crippen LogP contribution < -0.4 is 0 Å². The van der Waals surface area contributed by atoms with Crippen molar-refractivity contribution in [1.29, 1.82) is 0 Å². The number of aliphatic hydroxyl groups is 1. The summed E-state index contributed by atoms with van der Waals surface area (Å²) in [6.07, 6.45) is 5.13. The van der Waals surface area contributed by atoms with Gasteiger partial charge in [0.15, 0.2) is 0 Å². The van der Waals surface area contributed by atoms with Gasteiger partial charge in [-0.2, -0.15) is 0 Å². The number of ketones is 1. The molecule has 2 aliphatic heterocycles. The number of hydrogen-bond acceptors (Lipinski definition) is 3. The topological polar surface area (TPSA) is 57.6 Å². The van der Waals surface area contributed by atoms with Crippen LogP contribution in [0.25, 0.3) is 0 Å². The maximum Gasteiger partial charge on any atom is 0.226 e. The van der Waals surface area contributed by atoms with Gasteiger partial charge in [-0.15, -0.1) is 6.58 Å². The van der Waals surface area contributed by atoms with Crippen LogP contribution in [0, 0.1) is 28.6 Å². The fourth-order valence-electron chi connectivity index (χ4n) is 6.64. The molecule has 0 aromatic heterocycles. The van der Waals surface area contributed by atoms with Gasteiger partial charge >= 0.3 is 0 Å².